The van der Waals surface area contributed by atoms with E-state index in [4.69, 9.17) is 11.6 Å². The minimum absolute atomic E-state index is 0.0479. The molecule has 12 heteroatoms. The smallest absolute Gasteiger partial charge is 0.325 e. The maximum Gasteiger partial charge on any atom is 0.325 e. The van der Waals surface area contributed by atoms with E-state index in [0.717, 1.165) is 4.57 Å². The SMILES string of the molecule is CC1c2ccc(C(=O)NCc3c(F)cc(F)cc3F)cc2N(Cc2c(Cl)cn(C)c(=O)c2F)C(=O)N1C. The molecule has 2 heterocycles. The Labute approximate surface area is 213 Å². The van der Waals surface area contributed by atoms with E-state index in [1.54, 1.807) is 20.0 Å². The van der Waals surface area contributed by atoms with Crippen LogP contribution in [0.1, 0.15) is 40.0 Å². The number of nitrogens with one attached hydrogen (secondary N) is 1. The van der Waals surface area contributed by atoms with Crippen LogP contribution in [-0.2, 0) is 20.1 Å². The Kier molecular flexibility index (Phi) is 7.00. The van der Waals surface area contributed by atoms with Gasteiger partial charge in [0.25, 0.3) is 11.5 Å². The Morgan fingerprint density at radius 3 is 2.32 bits per heavy atom. The van der Waals surface area contributed by atoms with Crippen LogP contribution in [0.3, 0.4) is 0 Å². The van der Waals surface area contributed by atoms with Crippen LogP contribution in [0.5, 0.6) is 0 Å². The van der Waals surface area contributed by atoms with Crippen molar-refractivity contribution in [2.45, 2.75) is 26.1 Å². The largest absolute Gasteiger partial charge is 0.348 e. The Hall–Kier alpha value is -3.86. The molecule has 1 aliphatic rings. The van der Waals surface area contributed by atoms with Crippen LogP contribution in [0.2, 0.25) is 5.02 Å². The summed E-state index contributed by atoms with van der Waals surface area (Å²) in [6, 6.07) is 4.54. The molecule has 0 bridgehead atoms. The summed E-state index contributed by atoms with van der Waals surface area (Å²) < 4.78 is 56.8. The van der Waals surface area contributed by atoms with Crippen molar-refractivity contribution in [1.29, 1.82) is 0 Å². The van der Waals surface area contributed by atoms with Crippen molar-refractivity contribution < 1.29 is 27.2 Å². The van der Waals surface area contributed by atoms with Gasteiger partial charge in [0.15, 0.2) is 5.82 Å². The molecular formula is C25H21ClF4N4O3. The Morgan fingerprint density at radius 2 is 1.68 bits per heavy atom. The summed E-state index contributed by atoms with van der Waals surface area (Å²) in [6.07, 6.45) is 1.24. The lowest BCUT2D eigenvalue weighted by molar-refractivity contribution is 0.0950. The third-order valence-corrected chi connectivity index (χ3v) is 6.69. The zero-order valence-electron chi connectivity index (χ0n) is 19.9. The molecule has 2 aromatic carbocycles. The highest BCUT2D eigenvalue weighted by atomic mass is 35.5. The lowest BCUT2D eigenvalue weighted by Gasteiger charge is -2.39. The first-order chi connectivity index (χ1) is 17.4. The second-order valence-electron chi connectivity index (χ2n) is 8.65. The standard InChI is InChI=1S/C25H21ClF4N4O3/c1-12-15-5-4-13(23(35)31-9-16-19(28)7-14(27)8-20(16)29)6-21(15)34(25(37)33(12)3)10-17-18(26)11-32(2)24(36)22(17)30/h4-8,11-12H,9-10H2,1-3H3,(H,31,35). The summed E-state index contributed by atoms with van der Waals surface area (Å²) in [6.45, 7) is 0.824. The quantitative estimate of drug-likeness (QED) is 0.482. The minimum atomic E-state index is -1.15. The van der Waals surface area contributed by atoms with Crippen LogP contribution in [0.15, 0.2) is 41.3 Å². The van der Waals surface area contributed by atoms with Crippen molar-refractivity contribution in [2.24, 2.45) is 7.05 Å². The fourth-order valence-corrected chi connectivity index (χ4v) is 4.39. The van der Waals surface area contributed by atoms with Gasteiger partial charge in [-0.1, -0.05) is 17.7 Å². The topological polar surface area (TPSA) is 74.6 Å². The Bertz CT molecular complexity index is 1470. The van der Waals surface area contributed by atoms with Crippen molar-refractivity contribution in [2.75, 3.05) is 11.9 Å². The van der Waals surface area contributed by atoms with Crippen molar-refractivity contribution in [3.63, 3.8) is 0 Å². The number of hydrogen-bond acceptors (Lipinski definition) is 3. The first-order valence-corrected chi connectivity index (χ1v) is 11.4. The van der Waals surface area contributed by atoms with Crippen LogP contribution in [0.25, 0.3) is 0 Å². The number of benzene rings is 2. The molecule has 3 aromatic rings. The van der Waals surface area contributed by atoms with Gasteiger partial charge in [0, 0.05) is 55.7 Å². The average Bonchev–Trinajstić information content (AvgIpc) is 2.84. The number of urea groups is 1. The molecule has 1 aliphatic heterocycles. The number of carbonyl (C=O) groups excluding carboxylic acids is 2. The van der Waals surface area contributed by atoms with Crippen molar-refractivity contribution in [3.05, 3.63) is 97.4 Å². The van der Waals surface area contributed by atoms with Crippen LogP contribution in [-0.4, -0.2) is 28.5 Å². The van der Waals surface area contributed by atoms with E-state index in [1.807, 2.05) is 0 Å². The molecule has 7 nitrogen and oxygen atoms in total. The van der Waals surface area contributed by atoms with Crippen molar-refractivity contribution >= 4 is 29.2 Å². The molecular weight excluding hydrogens is 516 g/mol. The third-order valence-electron chi connectivity index (χ3n) is 6.36. The number of hydrogen-bond donors (Lipinski definition) is 1. The number of carbonyl (C=O) groups is 2. The maximum absolute atomic E-state index is 14.8. The van der Waals surface area contributed by atoms with Gasteiger partial charge in [-0.25, -0.2) is 22.4 Å². The summed E-state index contributed by atoms with van der Waals surface area (Å²) in [7, 11) is 2.89. The first-order valence-electron chi connectivity index (χ1n) is 11.0. The highest BCUT2D eigenvalue weighted by molar-refractivity contribution is 6.31. The fourth-order valence-electron chi connectivity index (χ4n) is 4.10. The van der Waals surface area contributed by atoms with E-state index in [2.05, 4.69) is 5.32 Å². The van der Waals surface area contributed by atoms with Gasteiger partial charge < -0.3 is 14.8 Å². The van der Waals surface area contributed by atoms with E-state index in [1.165, 1.54) is 35.2 Å². The predicted molar refractivity (Wildman–Crippen MR) is 128 cm³/mol. The molecule has 0 radical (unpaired) electrons. The molecule has 0 aliphatic carbocycles. The van der Waals surface area contributed by atoms with E-state index in [-0.39, 0.29) is 28.4 Å². The molecule has 1 aromatic heterocycles. The zero-order chi connectivity index (χ0) is 27.2. The average molecular weight is 537 g/mol. The number of aromatic nitrogens is 1. The van der Waals surface area contributed by atoms with Gasteiger partial charge in [0.1, 0.15) is 17.5 Å². The molecule has 0 saturated carbocycles. The second kappa shape index (κ2) is 9.89. The molecule has 0 fully saturated rings. The van der Waals surface area contributed by atoms with Crippen molar-refractivity contribution in [3.8, 4) is 0 Å². The summed E-state index contributed by atoms with van der Waals surface area (Å²) in [5.74, 6) is -5.21. The molecule has 37 heavy (non-hydrogen) atoms. The number of amides is 3. The molecule has 1 unspecified atom stereocenters. The molecule has 0 spiro atoms. The fraction of sp³-hybridized carbons (Fsp3) is 0.240. The number of fused-ring (bicyclic) bond motifs is 1. The van der Waals surface area contributed by atoms with Crippen molar-refractivity contribution in [1.82, 2.24) is 14.8 Å². The van der Waals surface area contributed by atoms with E-state index < -0.39 is 58.9 Å². The van der Waals surface area contributed by atoms with Crippen LogP contribution < -0.4 is 15.8 Å². The van der Waals surface area contributed by atoms with E-state index >= 15 is 0 Å². The summed E-state index contributed by atoms with van der Waals surface area (Å²) in [5.41, 5.74) is -0.668. The maximum atomic E-state index is 14.8. The normalized spacial score (nSPS) is 15.1. The highest BCUT2D eigenvalue weighted by Crippen LogP contribution is 2.38. The van der Waals surface area contributed by atoms with Gasteiger partial charge >= 0.3 is 6.03 Å². The van der Waals surface area contributed by atoms with Gasteiger partial charge in [-0.05, 0) is 24.6 Å². The van der Waals surface area contributed by atoms with Gasteiger partial charge in [-0.15, -0.1) is 0 Å². The number of rotatable bonds is 5. The van der Waals surface area contributed by atoms with E-state index in [0.29, 0.717) is 17.7 Å². The Balaban J connectivity index is 1.68. The number of pyridine rings is 1. The van der Waals surface area contributed by atoms with Crippen LogP contribution in [0.4, 0.5) is 28.0 Å². The molecule has 3 amide bonds. The Morgan fingerprint density at radius 1 is 1.03 bits per heavy atom. The number of halogens is 5. The summed E-state index contributed by atoms with van der Waals surface area (Å²) in [4.78, 5) is 40.7. The van der Waals surface area contributed by atoms with Crippen LogP contribution in [0, 0.1) is 23.3 Å². The predicted octanol–water partition coefficient (Wildman–Crippen LogP) is 4.66. The van der Waals surface area contributed by atoms with E-state index in [9.17, 15) is 31.9 Å². The zero-order valence-corrected chi connectivity index (χ0v) is 20.7. The van der Waals surface area contributed by atoms with Crippen LogP contribution >= 0.6 is 11.6 Å². The van der Waals surface area contributed by atoms with Gasteiger partial charge in [0.05, 0.1) is 23.3 Å². The number of aryl methyl sites for hydroxylation is 1. The third kappa shape index (κ3) is 4.78. The molecule has 1 atom stereocenters. The summed E-state index contributed by atoms with van der Waals surface area (Å²) >= 11 is 6.18. The first kappa shape index (κ1) is 26.2. The summed E-state index contributed by atoms with van der Waals surface area (Å²) in [5, 5.41) is 2.31. The second-order valence-corrected chi connectivity index (χ2v) is 9.05. The molecule has 0 saturated heterocycles. The number of nitrogens with zero attached hydrogens (tertiary/aromatic N) is 3. The lowest BCUT2D eigenvalue weighted by Crippen LogP contribution is -2.47. The molecule has 1 N–H and O–H groups in total. The number of anilines is 1. The monoisotopic (exact) mass is 536 g/mol. The van der Waals surface area contributed by atoms with Gasteiger partial charge in [-0.2, -0.15) is 0 Å². The highest BCUT2D eigenvalue weighted by Gasteiger charge is 2.35. The molecule has 4 rings (SSSR count). The van der Waals surface area contributed by atoms with Gasteiger partial charge in [-0.3, -0.25) is 14.5 Å². The lowest BCUT2D eigenvalue weighted by atomic mass is 9.98. The molecule has 194 valence electrons. The van der Waals surface area contributed by atoms with Gasteiger partial charge in [0.2, 0.25) is 0 Å². The minimum Gasteiger partial charge on any atom is -0.348 e.